The second kappa shape index (κ2) is 5.82. The summed E-state index contributed by atoms with van der Waals surface area (Å²) in [6, 6.07) is 14.3. The number of hydrogen-bond donors (Lipinski definition) is 0. The van der Waals surface area contributed by atoms with Gasteiger partial charge in [-0.25, -0.2) is 4.98 Å². The highest BCUT2D eigenvalue weighted by molar-refractivity contribution is 5.51. The minimum absolute atomic E-state index is 0.904. The van der Waals surface area contributed by atoms with Crippen LogP contribution < -0.4 is 14.5 Å². The standard InChI is InChI=1S/C16H19N3O/c1-20-15-7-5-14(6-8-15)18-10-12-19(13-11-18)16-4-2-3-9-17-16/h2-9H,10-13H2,1H3. The molecule has 1 fully saturated rings. The number of hydrogen-bond acceptors (Lipinski definition) is 4. The average Bonchev–Trinajstić information content (AvgIpc) is 2.56. The molecule has 1 aliphatic rings. The van der Waals surface area contributed by atoms with Gasteiger partial charge in [0.2, 0.25) is 0 Å². The van der Waals surface area contributed by atoms with Gasteiger partial charge in [-0.15, -0.1) is 0 Å². The van der Waals surface area contributed by atoms with Crippen molar-refractivity contribution in [3.8, 4) is 5.75 Å². The number of aromatic nitrogens is 1. The van der Waals surface area contributed by atoms with E-state index in [-0.39, 0.29) is 0 Å². The molecule has 0 unspecified atom stereocenters. The molecule has 1 aliphatic heterocycles. The SMILES string of the molecule is COc1ccc(N2CCN(c3ccccn3)CC2)cc1. The Kier molecular flexibility index (Phi) is 3.72. The lowest BCUT2D eigenvalue weighted by Gasteiger charge is -2.36. The van der Waals surface area contributed by atoms with Gasteiger partial charge in [-0.05, 0) is 36.4 Å². The number of piperazine rings is 1. The van der Waals surface area contributed by atoms with E-state index < -0.39 is 0 Å². The Morgan fingerprint density at radius 3 is 2.20 bits per heavy atom. The molecule has 20 heavy (non-hydrogen) atoms. The number of anilines is 2. The number of ether oxygens (including phenoxy) is 1. The maximum Gasteiger partial charge on any atom is 0.128 e. The first-order chi connectivity index (χ1) is 9.86. The predicted molar refractivity (Wildman–Crippen MR) is 81.7 cm³/mol. The third-order valence-corrected chi connectivity index (χ3v) is 3.69. The van der Waals surface area contributed by atoms with Gasteiger partial charge in [0, 0.05) is 38.1 Å². The number of nitrogens with zero attached hydrogens (tertiary/aromatic N) is 3. The lowest BCUT2D eigenvalue weighted by atomic mass is 10.2. The van der Waals surface area contributed by atoms with Crippen LogP contribution in [0.25, 0.3) is 0 Å². The first-order valence-corrected chi connectivity index (χ1v) is 6.92. The van der Waals surface area contributed by atoms with Gasteiger partial charge >= 0.3 is 0 Å². The summed E-state index contributed by atoms with van der Waals surface area (Å²) in [6.07, 6.45) is 1.85. The topological polar surface area (TPSA) is 28.6 Å². The van der Waals surface area contributed by atoms with Crippen molar-refractivity contribution in [1.29, 1.82) is 0 Å². The Bertz CT molecular complexity index is 533. The van der Waals surface area contributed by atoms with Crippen molar-refractivity contribution in [2.75, 3.05) is 43.1 Å². The third-order valence-electron chi connectivity index (χ3n) is 3.69. The van der Waals surface area contributed by atoms with Crippen molar-refractivity contribution in [3.63, 3.8) is 0 Å². The molecule has 0 atom stereocenters. The van der Waals surface area contributed by atoms with Gasteiger partial charge in [0.25, 0.3) is 0 Å². The minimum atomic E-state index is 0.904. The fraction of sp³-hybridized carbons (Fsp3) is 0.312. The molecule has 0 aliphatic carbocycles. The molecular formula is C16H19N3O. The molecule has 3 rings (SSSR count). The summed E-state index contributed by atoms with van der Waals surface area (Å²) in [5.74, 6) is 1.97. The predicted octanol–water partition coefficient (Wildman–Crippen LogP) is 2.42. The van der Waals surface area contributed by atoms with Gasteiger partial charge < -0.3 is 14.5 Å². The van der Waals surface area contributed by atoms with Gasteiger partial charge in [0.05, 0.1) is 7.11 Å². The Morgan fingerprint density at radius 1 is 0.900 bits per heavy atom. The first-order valence-electron chi connectivity index (χ1n) is 6.92. The molecule has 0 amide bonds. The Morgan fingerprint density at radius 2 is 1.60 bits per heavy atom. The number of methoxy groups -OCH3 is 1. The zero-order valence-corrected chi connectivity index (χ0v) is 11.7. The quantitative estimate of drug-likeness (QED) is 0.855. The van der Waals surface area contributed by atoms with E-state index in [1.807, 2.05) is 30.5 Å². The van der Waals surface area contributed by atoms with Crippen LogP contribution in [0.4, 0.5) is 11.5 Å². The zero-order valence-electron chi connectivity index (χ0n) is 11.7. The summed E-state index contributed by atoms with van der Waals surface area (Å²) in [7, 11) is 1.70. The molecule has 4 heteroatoms. The molecule has 1 aromatic heterocycles. The molecule has 1 saturated heterocycles. The normalized spacial score (nSPS) is 15.2. The monoisotopic (exact) mass is 269 g/mol. The van der Waals surface area contributed by atoms with E-state index in [2.05, 4.69) is 33.0 Å². The van der Waals surface area contributed by atoms with Crippen molar-refractivity contribution < 1.29 is 4.74 Å². The molecule has 0 spiro atoms. The largest absolute Gasteiger partial charge is 0.497 e. The number of benzene rings is 1. The molecule has 0 radical (unpaired) electrons. The van der Waals surface area contributed by atoms with Crippen molar-refractivity contribution in [2.45, 2.75) is 0 Å². The van der Waals surface area contributed by atoms with Crippen LogP contribution in [0.2, 0.25) is 0 Å². The van der Waals surface area contributed by atoms with E-state index in [0.717, 1.165) is 37.7 Å². The van der Waals surface area contributed by atoms with Gasteiger partial charge in [-0.2, -0.15) is 0 Å². The summed E-state index contributed by atoms with van der Waals surface area (Å²) in [6.45, 7) is 4.04. The fourth-order valence-corrected chi connectivity index (χ4v) is 2.53. The van der Waals surface area contributed by atoms with Crippen LogP contribution in [0.1, 0.15) is 0 Å². The highest BCUT2D eigenvalue weighted by Crippen LogP contribution is 2.21. The van der Waals surface area contributed by atoms with Crippen LogP contribution in [0.5, 0.6) is 5.75 Å². The van der Waals surface area contributed by atoms with Gasteiger partial charge in [-0.3, -0.25) is 0 Å². The second-order valence-corrected chi connectivity index (χ2v) is 4.86. The van der Waals surface area contributed by atoms with Gasteiger partial charge in [-0.1, -0.05) is 6.07 Å². The van der Waals surface area contributed by atoms with E-state index in [4.69, 9.17) is 4.74 Å². The highest BCUT2D eigenvalue weighted by atomic mass is 16.5. The number of rotatable bonds is 3. The summed E-state index contributed by atoms with van der Waals surface area (Å²) in [4.78, 5) is 9.15. The van der Waals surface area contributed by atoms with Crippen LogP contribution in [0, 0.1) is 0 Å². The molecule has 0 N–H and O–H groups in total. The smallest absolute Gasteiger partial charge is 0.128 e. The summed E-state index contributed by atoms with van der Waals surface area (Å²) in [5.41, 5.74) is 1.26. The average molecular weight is 269 g/mol. The summed E-state index contributed by atoms with van der Waals surface area (Å²) < 4.78 is 5.20. The summed E-state index contributed by atoms with van der Waals surface area (Å²) in [5, 5.41) is 0. The lowest BCUT2D eigenvalue weighted by Crippen LogP contribution is -2.46. The molecule has 2 aromatic rings. The van der Waals surface area contributed by atoms with Crippen LogP contribution in [-0.4, -0.2) is 38.3 Å². The zero-order chi connectivity index (χ0) is 13.8. The van der Waals surface area contributed by atoms with E-state index in [1.165, 1.54) is 5.69 Å². The minimum Gasteiger partial charge on any atom is -0.497 e. The molecule has 0 saturated carbocycles. The van der Waals surface area contributed by atoms with Crippen LogP contribution in [-0.2, 0) is 0 Å². The maximum atomic E-state index is 5.20. The van der Waals surface area contributed by atoms with Gasteiger partial charge in [0.1, 0.15) is 11.6 Å². The van der Waals surface area contributed by atoms with Crippen molar-refractivity contribution >= 4 is 11.5 Å². The van der Waals surface area contributed by atoms with Crippen molar-refractivity contribution in [3.05, 3.63) is 48.7 Å². The van der Waals surface area contributed by atoms with E-state index in [9.17, 15) is 0 Å². The fourth-order valence-electron chi connectivity index (χ4n) is 2.53. The lowest BCUT2D eigenvalue weighted by molar-refractivity contribution is 0.415. The van der Waals surface area contributed by atoms with Gasteiger partial charge in [0.15, 0.2) is 0 Å². The van der Waals surface area contributed by atoms with E-state index in [0.29, 0.717) is 0 Å². The molecular weight excluding hydrogens is 250 g/mol. The van der Waals surface area contributed by atoms with Crippen LogP contribution in [0.15, 0.2) is 48.7 Å². The molecule has 1 aromatic carbocycles. The first kappa shape index (κ1) is 12.8. The molecule has 0 bridgehead atoms. The Balaban J connectivity index is 1.63. The number of pyridine rings is 1. The third kappa shape index (κ3) is 2.69. The highest BCUT2D eigenvalue weighted by Gasteiger charge is 2.17. The van der Waals surface area contributed by atoms with E-state index in [1.54, 1.807) is 7.11 Å². The molecule has 2 heterocycles. The van der Waals surface area contributed by atoms with E-state index >= 15 is 0 Å². The Hall–Kier alpha value is -2.23. The molecule has 104 valence electrons. The van der Waals surface area contributed by atoms with Crippen molar-refractivity contribution in [2.24, 2.45) is 0 Å². The van der Waals surface area contributed by atoms with Crippen LogP contribution >= 0.6 is 0 Å². The van der Waals surface area contributed by atoms with Crippen LogP contribution in [0.3, 0.4) is 0 Å². The second-order valence-electron chi connectivity index (χ2n) is 4.86. The van der Waals surface area contributed by atoms with Crippen molar-refractivity contribution in [1.82, 2.24) is 4.98 Å². The Labute approximate surface area is 119 Å². The summed E-state index contributed by atoms with van der Waals surface area (Å²) >= 11 is 0. The maximum absolute atomic E-state index is 5.20. The molecule has 4 nitrogen and oxygen atoms in total.